The van der Waals surface area contributed by atoms with Gasteiger partial charge in [0.1, 0.15) is 17.3 Å². The third-order valence-electron chi connectivity index (χ3n) is 2.07. The fourth-order valence-corrected chi connectivity index (χ4v) is 1.39. The maximum absolute atomic E-state index is 11.0. The van der Waals surface area contributed by atoms with Gasteiger partial charge in [-0.3, -0.25) is 9.78 Å². The fraction of sp³-hybridized carbons (Fsp3) is 0.0909. The van der Waals surface area contributed by atoms with Gasteiger partial charge in [0.15, 0.2) is 0 Å². The number of aromatic nitrogens is 3. The number of carbonyl (C=O) groups excluding carboxylic acids is 1. The Balaban J connectivity index is 2.52. The predicted molar refractivity (Wildman–Crippen MR) is 61.8 cm³/mol. The first-order chi connectivity index (χ1) is 8.06. The Bertz CT molecular complexity index is 562. The van der Waals surface area contributed by atoms with Gasteiger partial charge < -0.3 is 11.5 Å². The topological polar surface area (TPSA) is 108 Å². The summed E-state index contributed by atoms with van der Waals surface area (Å²) < 4.78 is 0. The van der Waals surface area contributed by atoms with E-state index in [2.05, 4.69) is 21.0 Å². The van der Waals surface area contributed by atoms with Crippen LogP contribution in [0.4, 0.5) is 5.82 Å². The Kier molecular flexibility index (Phi) is 2.70. The number of hydrogen-bond acceptors (Lipinski definition) is 5. The zero-order valence-corrected chi connectivity index (χ0v) is 9.14. The first-order valence-electron chi connectivity index (χ1n) is 4.86. The van der Waals surface area contributed by atoms with Crippen LogP contribution in [0.25, 0.3) is 11.3 Å². The largest absolute Gasteiger partial charge is 0.384 e. The van der Waals surface area contributed by atoms with Crippen LogP contribution in [0.15, 0.2) is 18.3 Å². The Labute approximate surface area is 97.7 Å². The SMILES string of the molecule is Cc1nc(N)cc(-c2[c]c(C(N)=O)ncc2)n1. The molecule has 0 bridgehead atoms. The fourth-order valence-electron chi connectivity index (χ4n) is 1.39. The lowest BCUT2D eigenvalue weighted by atomic mass is 10.1. The van der Waals surface area contributed by atoms with Crippen LogP contribution >= 0.6 is 0 Å². The summed E-state index contributed by atoms with van der Waals surface area (Å²) in [6.07, 6.45) is 1.47. The van der Waals surface area contributed by atoms with Crippen molar-refractivity contribution in [2.45, 2.75) is 6.92 Å². The van der Waals surface area contributed by atoms with Gasteiger partial charge in [0.05, 0.1) is 5.69 Å². The molecule has 85 valence electrons. The number of carbonyl (C=O) groups is 1. The molecule has 6 nitrogen and oxygen atoms in total. The highest BCUT2D eigenvalue weighted by Crippen LogP contribution is 2.18. The molecule has 0 aliphatic rings. The second-order valence-electron chi connectivity index (χ2n) is 3.42. The van der Waals surface area contributed by atoms with Crippen molar-refractivity contribution < 1.29 is 4.79 Å². The molecule has 0 saturated heterocycles. The van der Waals surface area contributed by atoms with Gasteiger partial charge in [-0.15, -0.1) is 0 Å². The highest BCUT2D eigenvalue weighted by atomic mass is 16.1. The van der Waals surface area contributed by atoms with E-state index in [1.54, 1.807) is 19.1 Å². The molecule has 6 heteroatoms. The number of pyridine rings is 1. The smallest absolute Gasteiger partial charge is 0.267 e. The highest BCUT2D eigenvalue weighted by molar-refractivity contribution is 5.91. The molecular weight excluding hydrogens is 218 g/mol. The molecule has 17 heavy (non-hydrogen) atoms. The predicted octanol–water partition coefficient (Wildman–Crippen LogP) is 0.328. The van der Waals surface area contributed by atoms with Crippen molar-refractivity contribution in [3.8, 4) is 11.3 Å². The number of nitrogen functional groups attached to an aromatic ring is 1. The molecule has 4 N–H and O–H groups in total. The Morgan fingerprint density at radius 1 is 1.41 bits per heavy atom. The summed E-state index contributed by atoms with van der Waals surface area (Å²) in [4.78, 5) is 23.0. The summed E-state index contributed by atoms with van der Waals surface area (Å²) in [6.45, 7) is 1.73. The van der Waals surface area contributed by atoms with Crippen LogP contribution in [0.5, 0.6) is 0 Å². The molecule has 0 atom stereocenters. The summed E-state index contributed by atoms with van der Waals surface area (Å²) in [5.74, 6) is 0.273. The van der Waals surface area contributed by atoms with E-state index >= 15 is 0 Å². The molecule has 0 aliphatic heterocycles. The second-order valence-corrected chi connectivity index (χ2v) is 3.42. The van der Waals surface area contributed by atoms with Crippen LogP contribution in [-0.4, -0.2) is 20.9 Å². The van der Waals surface area contributed by atoms with E-state index in [9.17, 15) is 4.79 Å². The van der Waals surface area contributed by atoms with Gasteiger partial charge in [0.2, 0.25) is 0 Å². The van der Waals surface area contributed by atoms with Crippen molar-refractivity contribution in [2.75, 3.05) is 5.73 Å². The Morgan fingerprint density at radius 3 is 2.82 bits per heavy atom. The molecule has 2 aromatic rings. The number of nitrogens with two attached hydrogens (primary N) is 2. The van der Waals surface area contributed by atoms with E-state index < -0.39 is 5.91 Å². The van der Waals surface area contributed by atoms with Gasteiger partial charge in [-0.25, -0.2) is 9.97 Å². The first kappa shape index (κ1) is 11.0. The van der Waals surface area contributed by atoms with Crippen LogP contribution in [0, 0.1) is 13.0 Å². The van der Waals surface area contributed by atoms with Crippen molar-refractivity contribution in [2.24, 2.45) is 5.73 Å². The zero-order valence-electron chi connectivity index (χ0n) is 9.14. The lowest BCUT2D eigenvalue weighted by Gasteiger charge is -2.03. The molecule has 0 saturated carbocycles. The van der Waals surface area contributed by atoms with Crippen LogP contribution in [0.2, 0.25) is 0 Å². The van der Waals surface area contributed by atoms with Crippen molar-refractivity contribution in [1.82, 2.24) is 15.0 Å². The molecular formula is C11H10N5O. The van der Waals surface area contributed by atoms with Crippen LogP contribution in [-0.2, 0) is 0 Å². The average molecular weight is 228 g/mol. The monoisotopic (exact) mass is 228 g/mol. The Morgan fingerprint density at radius 2 is 2.18 bits per heavy atom. The lowest BCUT2D eigenvalue weighted by Crippen LogP contribution is -2.13. The number of amides is 1. The number of rotatable bonds is 2. The van der Waals surface area contributed by atoms with Crippen molar-refractivity contribution in [3.05, 3.63) is 35.9 Å². The average Bonchev–Trinajstić information content (AvgIpc) is 2.28. The number of anilines is 1. The second kappa shape index (κ2) is 4.17. The van der Waals surface area contributed by atoms with E-state index in [-0.39, 0.29) is 5.69 Å². The summed E-state index contributed by atoms with van der Waals surface area (Å²) in [7, 11) is 0. The number of aryl methyl sites for hydroxylation is 1. The van der Waals surface area contributed by atoms with Gasteiger partial charge in [0, 0.05) is 23.9 Å². The minimum atomic E-state index is -0.634. The maximum atomic E-state index is 11.0. The summed E-state index contributed by atoms with van der Waals surface area (Å²) >= 11 is 0. The summed E-state index contributed by atoms with van der Waals surface area (Å²) in [6, 6.07) is 6.06. The van der Waals surface area contributed by atoms with Crippen LogP contribution in [0.3, 0.4) is 0 Å². The normalized spacial score (nSPS) is 10.2. The molecule has 0 spiro atoms. The van der Waals surface area contributed by atoms with E-state index in [1.165, 1.54) is 6.20 Å². The van der Waals surface area contributed by atoms with Gasteiger partial charge >= 0.3 is 0 Å². The summed E-state index contributed by atoms with van der Waals surface area (Å²) in [5, 5.41) is 0. The zero-order chi connectivity index (χ0) is 12.4. The third kappa shape index (κ3) is 2.36. The number of nitrogens with zero attached hydrogens (tertiary/aromatic N) is 3. The van der Waals surface area contributed by atoms with Crippen molar-refractivity contribution >= 4 is 11.7 Å². The Hall–Kier alpha value is -2.50. The molecule has 2 heterocycles. The maximum Gasteiger partial charge on any atom is 0.267 e. The van der Waals surface area contributed by atoms with Gasteiger partial charge in [-0.2, -0.15) is 0 Å². The van der Waals surface area contributed by atoms with E-state index in [4.69, 9.17) is 11.5 Å². The van der Waals surface area contributed by atoms with Crippen LogP contribution in [0.1, 0.15) is 16.3 Å². The number of hydrogen-bond donors (Lipinski definition) is 2. The quantitative estimate of drug-likeness (QED) is 0.769. The van der Waals surface area contributed by atoms with E-state index in [0.717, 1.165) is 0 Å². The molecule has 2 aromatic heterocycles. The molecule has 0 aliphatic carbocycles. The molecule has 0 fully saturated rings. The molecule has 2 rings (SSSR count). The summed E-state index contributed by atoms with van der Waals surface area (Å²) in [5.41, 5.74) is 12.0. The van der Waals surface area contributed by atoms with Crippen LogP contribution < -0.4 is 11.5 Å². The van der Waals surface area contributed by atoms with Crippen molar-refractivity contribution in [1.29, 1.82) is 0 Å². The molecule has 0 aromatic carbocycles. The van der Waals surface area contributed by atoms with Gasteiger partial charge in [0.25, 0.3) is 5.91 Å². The van der Waals surface area contributed by atoms with Crippen molar-refractivity contribution in [3.63, 3.8) is 0 Å². The first-order valence-corrected chi connectivity index (χ1v) is 4.86. The number of primary amides is 1. The lowest BCUT2D eigenvalue weighted by molar-refractivity contribution is 0.0995. The van der Waals surface area contributed by atoms with E-state index in [1.807, 2.05) is 0 Å². The minimum absolute atomic E-state index is 0.0670. The third-order valence-corrected chi connectivity index (χ3v) is 2.07. The van der Waals surface area contributed by atoms with Gasteiger partial charge in [-0.05, 0) is 13.0 Å². The molecule has 0 unspecified atom stereocenters. The standard InChI is InChI=1S/C11H10N5O/c1-6-15-8(5-10(12)16-6)7-2-3-14-9(4-7)11(13)17/h2-3,5H,1H3,(H2,13,17)(H2,12,15,16). The molecule has 1 amide bonds. The van der Waals surface area contributed by atoms with Gasteiger partial charge in [-0.1, -0.05) is 0 Å². The highest BCUT2D eigenvalue weighted by Gasteiger charge is 2.07. The minimum Gasteiger partial charge on any atom is -0.384 e. The van der Waals surface area contributed by atoms with E-state index in [0.29, 0.717) is 22.9 Å². The molecule has 1 radical (unpaired) electrons.